The summed E-state index contributed by atoms with van der Waals surface area (Å²) in [6.07, 6.45) is 2.25. The predicted octanol–water partition coefficient (Wildman–Crippen LogP) is 1.51. The van der Waals surface area contributed by atoms with Crippen molar-refractivity contribution in [1.82, 2.24) is 5.32 Å². The maximum Gasteiger partial charge on any atom is 0.294 e. The Morgan fingerprint density at radius 3 is 2.95 bits per heavy atom. The fourth-order valence-corrected chi connectivity index (χ4v) is 3.34. The summed E-state index contributed by atoms with van der Waals surface area (Å²) in [6, 6.07) is 4.29. The number of rotatable bonds is 5. The van der Waals surface area contributed by atoms with Gasteiger partial charge in [-0.05, 0) is 24.7 Å². The number of nitro benzene ring substituents is 1. The number of thioether (sulfide) groups is 1. The molecule has 1 amide bonds. The largest absolute Gasteiger partial charge is 0.351 e. The summed E-state index contributed by atoms with van der Waals surface area (Å²) in [7, 11) is 0. The van der Waals surface area contributed by atoms with Crippen LogP contribution in [0.1, 0.15) is 23.2 Å². The van der Waals surface area contributed by atoms with Gasteiger partial charge in [0, 0.05) is 17.9 Å². The minimum atomic E-state index is -0.571. The van der Waals surface area contributed by atoms with E-state index in [0.29, 0.717) is 11.8 Å². The molecule has 0 aromatic heterocycles. The normalized spacial score (nSPS) is 17.8. The van der Waals surface area contributed by atoms with Gasteiger partial charge in [-0.1, -0.05) is 6.07 Å². The van der Waals surface area contributed by atoms with E-state index < -0.39 is 4.92 Å². The highest BCUT2D eigenvalue weighted by atomic mass is 32.2. The Bertz CT molecular complexity index is 517. The highest BCUT2D eigenvalue weighted by Crippen LogP contribution is 2.28. The molecule has 0 saturated carbocycles. The van der Waals surface area contributed by atoms with Gasteiger partial charge in [-0.3, -0.25) is 20.8 Å². The molecule has 4 N–H and O–H groups in total. The third-order valence-corrected chi connectivity index (χ3v) is 4.54. The van der Waals surface area contributed by atoms with Gasteiger partial charge in [0.15, 0.2) is 0 Å². The summed E-state index contributed by atoms with van der Waals surface area (Å²) in [4.78, 5) is 22.4. The molecule has 0 aliphatic carbocycles. The number of nitro groups is 1. The van der Waals surface area contributed by atoms with Crippen LogP contribution in [0.2, 0.25) is 0 Å². The van der Waals surface area contributed by atoms with Gasteiger partial charge in [0.2, 0.25) is 0 Å². The van der Waals surface area contributed by atoms with Gasteiger partial charge in [0.05, 0.1) is 10.5 Å². The van der Waals surface area contributed by atoms with Crippen molar-refractivity contribution in [2.75, 3.05) is 17.7 Å². The summed E-state index contributed by atoms with van der Waals surface area (Å²) in [6.45, 7) is 0.566. The molecule has 7 nitrogen and oxygen atoms in total. The van der Waals surface area contributed by atoms with Crippen LogP contribution in [-0.4, -0.2) is 28.4 Å². The first kappa shape index (κ1) is 14.6. The molecule has 1 fully saturated rings. The van der Waals surface area contributed by atoms with E-state index >= 15 is 0 Å². The number of nitrogen functional groups attached to an aromatic ring is 1. The van der Waals surface area contributed by atoms with Gasteiger partial charge >= 0.3 is 0 Å². The third-order valence-electron chi connectivity index (χ3n) is 3.14. The third kappa shape index (κ3) is 3.20. The minimum absolute atomic E-state index is 0.0362. The summed E-state index contributed by atoms with van der Waals surface area (Å²) in [5, 5.41) is 14.1. The van der Waals surface area contributed by atoms with E-state index in [1.165, 1.54) is 18.2 Å². The van der Waals surface area contributed by atoms with Crippen LogP contribution in [0.5, 0.6) is 0 Å². The monoisotopic (exact) mass is 296 g/mol. The van der Waals surface area contributed by atoms with E-state index in [-0.39, 0.29) is 22.8 Å². The molecule has 1 saturated heterocycles. The van der Waals surface area contributed by atoms with Crippen molar-refractivity contribution in [2.45, 2.75) is 18.1 Å². The van der Waals surface area contributed by atoms with E-state index in [2.05, 4.69) is 10.7 Å². The first-order valence-corrected chi connectivity index (χ1v) is 7.32. The number of amides is 1. The Labute approximate surface area is 120 Å². The van der Waals surface area contributed by atoms with E-state index in [4.69, 9.17) is 5.84 Å². The second-order valence-electron chi connectivity index (χ2n) is 4.45. The molecule has 1 aliphatic rings. The lowest BCUT2D eigenvalue weighted by atomic mass is 10.1. The lowest BCUT2D eigenvalue weighted by Gasteiger charge is -2.12. The standard InChI is InChI=1S/C12H16N4O3S/c13-15-11-9(4-1-5-10(11)16(18)19)12(17)14-7-8-3-2-6-20-8/h1,4-5,8,15H,2-3,6-7,13H2,(H,14,17). The van der Waals surface area contributed by atoms with E-state index in [1.807, 2.05) is 11.8 Å². The molecule has 0 bridgehead atoms. The molecule has 1 aromatic rings. The van der Waals surface area contributed by atoms with Crippen LogP contribution in [0.4, 0.5) is 11.4 Å². The Morgan fingerprint density at radius 1 is 1.55 bits per heavy atom. The average molecular weight is 296 g/mol. The second-order valence-corrected chi connectivity index (χ2v) is 5.85. The van der Waals surface area contributed by atoms with Gasteiger partial charge in [0.25, 0.3) is 11.6 Å². The Hall–Kier alpha value is -1.80. The fourth-order valence-electron chi connectivity index (χ4n) is 2.14. The number of anilines is 1. The Kier molecular flexibility index (Phi) is 4.80. The molecule has 1 heterocycles. The number of nitrogens with two attached hydrogens (primary N) is 1. The highest BCUT2D eigenvalue weighted by molar-refractivity contribution is 8.00. The molecule has 20 heavy (non-hydrogen) atoms. The smallest absolute Gasteiger partial charge is 0.294 e. The number of nitrogens with zero attached hydrogens (tertiary/aromatic N) is 1. The van der Waals surface area contributed by atoms with Crippen LogP contribution in [0.3, 0.4) is 0 Å². The van der Waals surface area contributed by atoms with Gasteiger partial charge in [-0.25, -0.2) is 0 Å². The van der Waals surface area contributed by atoms with Gasteiger partial charge in [-0.15, -0.1) is 0 Å². The predicted molar refractivity (Wildman–Crippen MR) is 78.7 cm³/mol. The van der Waals surface area contributed by atoms with Crippen molar-refractivity contribution in [2.24, 2.45) is 5.84 Å². The Balaban J connectivity index is 2.12. The molecule has 0 spiro atoms. The van der Waals surface area contributed by atoms with Crippen molar-refractivity contribution >= 4 is 29.0 Å². The zero-order valence-electron chi connectivity index (χ0n) is 10.8. The molecule has 1 atom stereocenters. The summed E-state index contributed by atoms with van der Waals surface area (Å²) < 4.78 is 0. The van der Waals surface area contributed by atoms with Crippen molar-refractivity contribution in [1.29, 1.82) is 0 Å². The van der Waals surface area contributed by atoms with E-state index in [0.717, 1.165) is 18.6 Å². The first-order chi connectivity index (χ1) is 9.63. The number of hydrogen-bond acceptors (Lipinski definition) is 6. The molecule has 0 radical (unpaired) electrons. The number of hydrogen-bond donors (Lipinski definition) is 3. The molecule has 1 unspecified atom stereocenters. The highest BCUT2D eigenvalue weighted by Gasteiger charge is 2.22. The SMILES string of the molecule is NNc1c(C(=O)NCC2CCCS2)cccc1[N+](=O)[O-]. The van der Waals surface area contributed by atoms with Gasteiger partial charge < -0.3 is 10.7 Å². The maximum absolute atomic E-state index is 12.1. The molecular formula is C12H16N4O3S. The van der Waals surface area contributed by atoms with Crippen LogP contribution < -0.4 is 16.6 Å². The summed E-state index contributed by atoms with van der Waals surface area (Å²) >= 11 is 1.83. The molecule has 2 rings (SSSR count). The Morgan fingerprint density at radius 2 is 2.35 bits per heavy atom. The quantitative estimate of drug-likeness (QED) is 0.431. The van der Waals surface area contributed by atoms with Gasteiger partial charge in [-0.2, -0.15) is 11.8 Å². The van der Waals surface area contributed by atoms with Crippen LogP contribution >= 0.6 is 11.8 Å². The van der Waals surface area contributed by atoms with Crippen LogP contribution in [-0.2, 0) is 0 Å². The maximum atomic E-state index is 12.1. The zero-order chi connectivity index (χ0) is 14.5. The molecule has 1 aliphatic heterocycles. The van der Waals surface area contributed by atoms with Crippen LogP contribution in [0, 0.1) is 10.1 Å². The molecule has 8 heteroatoms. The van der Waals surface area contributed by atoms with Crippen molar-refractivity contribution < 1.29 is 9.72 Å². The lowest BCUT2D eigenvalue weighted by Crippen LogP contribution is -2.30. The topological polar surface area (TPSA) is 110 Å². The first-order valence-electron chi connectivity index (χ1n) is 6.27. The van der Waals surface area contributed by atoms with Gasteiger partial charge in [0.1, 0.15) is 5.69 Å². The summed E-state index contributed by atoms with van der Waals surface area (Å²) in [5.74, 6) is 6.07. The van der Waals surface area contributed by atoms with Crippen molar-refractivity contribution in [3.05, 3.63) is 33.9 Å². The average Bonchev–Trinajstić information content (AvgIpc) is 2.97. The van der Waals surface area contributed by atoms with E-state index in [1.54, 1.807) is 0 Å². The van der Waals surface area contributed by atoms with Crippen molar-refractivity contribution in [3.63, 3.8) is 0 Å². The molecule has 1 aromatic carbocycles. The number of para-hydroxylation sites is 1. The van der Waals surface area contributed by atoms with Crippen LogP contribution in [0.25, 0.3) is 0 Å². The number of carbonyl (C=O) groups is 1. The number of nitrogens with one attached hydrogen (secondary N) is 2. The number of benzene rings is 1. The fraction of sp³-hybridized carbons (Fsp3) is 0.417. The van der Waals surface area contributed by atoms with E-state index in [9.17, 15) is 14.9 Å². The van der Waals surface area contributed by atoms with Crippen molar-refractivity contribution in [3.8, 4) is 0 Å². The second kappa shape index (κ2) is 6.58. The number of carbonyl (C=O) groups excluding carboxylic acids is 1. The lowest BCUT2D eigenvalue weighted by molar-refractivity contribution is -0.384. The molecular weight excluding hydrogens is 280 g/mol. The van der Waals surface area contributed by atoms with Crippen LogP contribution in [0.15, 0.2) is 18.2 Å². The summed E-state index contributed by atoms with van der Waals surface area (Å²) in [5.41, 5.74) is 2.26. The minimum Gasteiger partial charge on any atom is -0.351 e. The zero-order valence-corrected chi connectivity index (χ0v) is 11.6. The molecule has 108 valence electrons. The number of hydrazine groups is 1.